The van der Waals surface area contributed by atoms with Gasteiger partial charge in [-0.15, -0.1) is 5.10 Å². The molecule has 0 N–H and O–H groups in total. The molecule has 1 fully saturated rings. The first kappa shape index (κ1) is 21.2. The van der Waals surface area contributed by atoms with E-state index in [0.717, 1.165) is 16.6 Å². The first-order chi connectivity index (χ1) is 15.9. The fourth-order valence-electron chi connectivity index (χ4n) is 4.36. The van der Waals surface area contributed by atoms with Crippen LogP contribution in [0.25, 0.3) is 16.6 Å². The highest BCUT2D eigenvalue weighted by molar-refractivity contribution is 6.30. The predicted octanol–water partition coefficient (Wildman–Crippen LogP) is 3.40. The molecular weight excluding hydrogens is 440 g/mol. The number of benzene rings is 2. The van der Waals surface area contributed by atoms with Crippen molar-refractivity contribution in [1.82, 2.24) is 29.1 Å². The van der Waals surface area contributed by atoms with E-state index in [-0.39, 0.29) is 23.7 Å². The lowest BCUT2D eigenvalue weighted by atomic mass is 10.1. The van der Waals surface area contributed by atoms with Gasteiger partial charge in [-0.25, -0.2) is 9.67 Å². The van der Waals surface area contributed by atoms with Crippen LogP contribution in [-0.4, -0.2) is 66.6 Å². The zero-order valence-electron chi connectivity index (χ0n) is 18.3. The van der Waals surface area contributed by atoms with Crippen LogP contribution in [0.15, 0.2) is 61.1 Å². The molecule has 2 aromatic heterocycles. The van der Waals surface area contributed by atoms with Crippen molar-refractivity contribution in [2.75, 3.05) is 19.6 Å². The van der Waals surface area contributed by atoms with Crippen LogP contribution in [0, 0.1) is 0 Å². The smallest absolute Gasteiger partial charge is 0.293 e. The zero-order valence-corrected chi connectivity index (χ0v) is 19.1. The van der Waals surface area contributed by atoms with Crippen LogP contribution in [0.2, 0.25) is 5.02 Å². The van der Waals surface area contributed by atoms with E-state index in [4.69, 9.17) is 11.6 Å². The van der Waals surface area contributed by atoms with Gasteiger partial charge in [-0.1, -0.05) is 35.9 Å². The fraction of sp³-hybridized carbons (Fsp3) is 0.250. The van der Waals surface area contributed by atoms with Crippen molar-refractivity contribution >= 4 is 34.3 Å². The zero-order chi connectivity index (χ0) is 23.1. The van der Waals surface area contributed by atoms with E-state index in [9.17, 15) is 9.59 Å². The minimum absolute atomic E-state index is 0.0187. The second kappa shape index (κ2) is 8.37. The molecule has 1 atom stereocenters. The number of carbonyl (C=O) groups is 2. The van der Waals surface area contributed by atoms with Gasteiger partial charge in [0.05, 0.1) is 11.3 Å². The summed E-state index contributed by atoms with van der Waals surface area (Å²) < 4.78 is 3.50. The molecule has 0 radical (unpaired) electrons. The minimum atomic E-state index is -0.250. The third kappa shape index (κ3) is 3.87. The summed E-state index contributed by atoms with van der Waals surface area (Å²) in [5, 5.41) is 5.85. The summed E-state index contributed by atoms with van der Waals surface area (Å²) in [6, 6.07) is 14.9. The average Bonchev–Trinajstić information content (AvgIpc) is 3.44. The Balaban J connectivity index is 1.30. The van der Waals surface area contributed by atoms with Crippen LogP contribution in [0.1, 0.15) is 27.9 Å². The molecule has 168 valence electrons. The van der Waals surface area contributed by atoms with Crippen molar-refractivity contribution in [3.63, 3.8) is 0 Å². The number of para-hydroxylation sites is 1. The van der Waals surface area contributed by atoms with Crippen molar-refractivity contribution in [3.05, 3.63) is 77.5 Å². The van der Waals surface area contributed by atoms with Gasteiger partial charge in [0.2, 0.25) is 5.82 Å². The lowest BCUT2D eigenvalue weighted by molar-refractivity contribution is 0.0409. The maximum atomic E-state index is 13.3. The molecule has 1 aliphatic heterocycles. The molecule has 8 nitrogen and oxygen atoms in total. The maximum Gasteiger partial charge on any atom is 0.293 e. The van der Waals surface area contributed by atoms with Gasteiger partial charge in [-0.3, -0.25) is 9.59 Å². The summed E-state index contributed by atoms with van der Waals surface area (Å²) >= 11 is 6.05. The monoisotopic (exact) mass is 462 g/mol. The Hall–Kier alpha value is -3.65. The normalized spacial score (nSPS) is 16.4. The van der Waals surface area contributed by atoms with Gasteiger partial charge in [0, 0.05) is 54.8 Å². The quantitative estimate of drug-likeness (QED) is 0.467. The summed E-state index contributed by atoms with van der Waals surface area (Å²) in [4.78, 5) is 34.1. The third-order valence-electron chi connectivity index (χ3n) is 6.06. The highest BCUT2D eigenvalue weighted by Gasteiger charge is 2.33. The molecule has 33 heavy (non-hydrogen) atoms. The molecule has 3 heterocycles. The summed E-state index contributed by atoms with van der Waals surface area (Å²) in [5.41, 5.74) is 2.43. The van der Waals surface area contributed by atoms with E-state index >= 15 is 0 Å². The minimum Gasteiger partial charge on any atom is -0.350 e. The van der Waals surface area contributed by atoms with Gasteiger partial charge in [0.1, 0.15) is 6.33 Å². The van der Waals surface area contributed by atoms with Crippen molar-refractivity contribution in [1.29, 1.82) is 0 Å². The summed E-state index contributed by atoms with van der Waals surface area (Å²) in [7, 11) is 1.94. The summed E-state index contributed by atoms with van der Waals surface area (Å²) in [6.07, 6.45) is 3.38. The Morgan fingerprint density at radius 3 is 2.67 bits per heavy atom. The first-order valence-electron chi connectivity index (χ1n) is 10.7. The van der Waals surface area contributed by atoms with E-state index in [2.05, 4.69) is 10.1 Å². The second-order valence-electron chi connectivity index (χ2n) is 8.26. The highest BCUT2D eigenvalue weighted by Crippen LogP contribution is 2.24. The van der Waals surface area contributed by atoms with Gasteiger partial charge in [-0.2, -0.15) is 0 Å². The standard InChI is InChI=1S/C24H23ClN6O2/c1-16-13-29(24(33)22-26-15-31(27-22)18-7-5-6-17(25)12-18)10-11-30(16)23(32)20-14-28(2)21-9-4-3-8-19(20)21/h3-9,12,14-16H,10-11,13H2,1-2H3. The van der Waals surface area contributed by atoms with E-state index < -0.39 is 0 Å². The molecule has 0 saturated carbocycles. The number of carbonyl (C=O) groups excluding carboxylic acids is 2. The average molecular weight is 463 g/mol. The van der Waals surface area contributed by atoms with Crippen LogP contribution in [0.3, 0.4) is 0 Å². The number of aromatic nitrogens is 4. The third-order valence-corrected chi connectivity index (χ3v) is 6.29. The molecule has 0 spiro atoms. The molecule has 2 aromatic carbocycles. The number of nitrogens with zero attached hydrogens (tertiary/aromatic N) is 6. The van der Waals surface area contributed by atoms with Crippen LogP contribution >= 0.6 is 11.6 Å². The van der Waals surface area contributed by atoms with E-state index in [1.165, 1.54) is 11.0 Å². The molecule has 1 unspecified atom stereocenters. The van der Waals surface area contributed by atoms with Crippen LogP contribution < -0.4 is 0 Å². The lowest BCUT2D eigenvalue weighted by Crippen LogP contribution is -2.55. The Morgan fingerprint density at radius 1 is 1.06 bits per heavy atom. The fourth-order valence-corrected chi connectivity index (χ4v) is 4.54. The molecule has 0 bridgehead atoms. The predicted molar refractivity (Wildman–Crippen MR) is 126 cm³/mol. The number of piperazine rings is 1. The number of amides is 2. The Morgan fingerprint density at radius 2 is 1.88 bits per heavy atom. The summed E-state index contributed by atoms with van der Waals surface area (Å²) in [5.74, 6) is -0.148. The van der Waals surface area contributed by atoms with E-state index in [1.54, 1.807) is 17.0 Å². The van der Waals surface area contributed by atoms with E-state index in [0.29, 0.717) is 30.2 Å². The Kier molecular flexibility index (Phi) is 5.38. The van der Waals surface area contributed by atoms with Gasteiger partial charge in [0.15, 0.2) is 0 Å². The molecular formula is C24H23ClN6O2. The van der Waals surface area contributed by atoms with Crippen LogP contribution in [-0.2, 0) is 7.05 Å². The first-order valence-corrected chi connectivity index (χ1v) is 11.1. The largest absolute Gasteiger partial charge is 0.350 e. The number of rotatable bonds is 3. The van der Waals surface area contributed by atoms with Crippen molar-refractivity contribution in [3.8, 4) is 5.69 Å². The van der Waals surface area contributed by atoms with Crippen LogP contribution in [0.5, 0.6) is 0 Å². The number of aryl methyl sites for hydroxylation is 1. The Labute approximate surface area is 196 Å². The Bertz CT molecular complexity index is 1360. The maximum absolute atomic E-state index is 13.3. The van der Waals surface area contributed by atoms with Gasteiger partial charge < -0.3 is 14.4 Å². The molecule has 5 rings (SSSR count). The van der Waals surface area contributed by atoms with Crippen molar-refractivity contribution < 1.29 is 9.59 Å². The second-order valence-corrected chi connectivity index (χ2v) is 8.70. The van der Waals surface area contributed by atoms with Crippen molar-refractivity contribution in [2.24, 2.45) is 7.05 Å². The molecule has 2 amide bonds. The van der Waals surface area contributed by atoms with Crippen LogP contribution in [0.4, 0.5) is 0 Å². The molecule has 9 heteroatoms. The summed E-state index contributed by atoms with van der Waals surface area (Å²) in [6.45, 7) is 3.25. The van der Waals surface area contributed by atoms with Crippen molar-refractivity contribution in [2.45, 2.75) is 13.0 Å². The van der Waals surface area contributed by atoms with Gasteiger partial charge in [0.25, 0.3) is 11.8 Å². The van der Waals surface area contributed by atoms with E-state index in [1.807, 2.05) is 66.0 Å². The molecule has 4 aromatic rings. The number of halogens is 1. The van der Waals surface area contributed by atoms with Gasteiger partial charge in [-0.05, 0) is 31.2 Å². The molecule has 0 aliphatic carbocycles. The molecule has 1 aliphatic rings. The SMILES string of the molecule is CC1CN(C(=O)c2ncn(-c3cccc(Cl)c3)n2)CCN1C(=O)c1cn(C)c2ccccc12. The lowest BCUT2D eigenvalue weighted by Gasteiger charge is -2.39. The van der Waals surface area contributed by atoms with Gasteiger partial charge >= 0.3 is 0 Å². The topological polar surface area (TPSA) is 76.3 Å². The number of hydrogen-bond donors (Lipinski definition) is 0. The number of hydrogen-bond acceptors (Lipinski definition) is 4. The molecule has 1 saturated heterocycles. The highest BCUT2D eigenvalue weighted by atomic mass is 35.5. The number of fused-ring (bicyclic) bond motifs is 1.